The monoisotopic (exact) mass is 295 g/mol. The molecule has 0 aromatic carbocycles. The number of rotatable bonds is 3. The molecule has 0 unspecified atom stereocenters. The molecule has 0 aromatic heterocycles. The second kappa shape index (κ2) is 4.40. The Bertz CT molecular complexity index is 317. The highest BCUT2D eigenvalue weighted by Gasteiger charge is 2.14. The summed E-state index contributed by atoms with van der Waals surface area (Å²) < 4.78 is 7.55. The van der Waals surface area contributed by atoms with Crippen molar-refractivity contribution in [2.75, 3.05) is 6.61 Å². The first-order chi connectivity index (χ1) is 6.15. The van der Waals surface area contributed by atoms with Gasteiger partial charge < -0.3 is 15.6 Å². The fourth-order valence-electron chi connectivity index (χ4n) is 0.833. The molecule has 0 aliphatic carbocycles. The molecule has 4 nitrogen and oxygen atoms in total. The van der Waals surface area contributed by atoms with Crippen molar-refractivity contribution in [2.45, 2.75) is 6.92 Å². The van der Waals surface area contributed by atoms with Gasteiger partial charge in [-0.05, 0) is 10.9 Å². The number of nitrogens with two attached hydrogens (primary N) is 1. The van der Waals surface area contributed by atoms with E-state index in [1.807, 2.05) is 0 Å². The summed E-state index contributed by atoms with van der Waals surface area (Å²) in [5, 5.41) is 8.80. The lowest BCUT2D eigenvalue weighted by molar-refractivity contribution is -0.132. The average Bonchev–Trinajstić information content (AvgIpc) is 2.04. The molecule has 1 rings (SSSR count). The van der Waals surface area contributed by atoms with E-state index < -0.39 is 26.7 Å². The summed E-state index contributed by atoms with van der Waals surface area (Å²) in [5.74, 6) is -0.578. The molecule has 5 heteroatoms. The van der Waals surface area contributed by atoms with Crippen molar-refractivity contribution in [3.8, 4) is 0 Å². The SMILES string of the molecule is CCOC1=C(C(=O)O)C=IC(N)=C1. The molecule has 1 aliphatic rings. The second-order valence-corrected chi connectivity index (χ2v) is 4.75. The van der Waals surface area contributed by atoms with Crippen LogP contribution in [0.25, 0.3) is 0 Å². The van der Waals surface area contributed by atoms with E-state index in [0.717, 1.165) is 3.70 Å². The second-order valence-electron chi connectivity index (χ2n) is 2.26. The lowest BCUT2D eigenvalue weighted by Crippen LogP contribution is -2.10. The lowest BCUT2D eigenvalue weighted by Gasteiger charge is -2.10. The van der Waals surface area contributed by atoms with Crippen LogP contribution >= 0.6 is 20.7 Å². The fraction of sp³-hybridized carbons (Fsp3) is 0.250. The van der Waals surface area contributed by atoms with Crippen molar-refractivity contribution in [2.24, 2.45) is 5.73 Å². The molecule has 13 heavy (non-hydrogen) atoms. The number of halogens is 1. The van der Waals surface area contributed by atoms with Gasteiger partial charge >= 0.3 is 5.97 Å². The largest absolute Gasteiger partial charge is 0.493 e. The standard InChI is InChI=1S/C8H10INO3/c1-2-13-6-3-7(10)9-4-5(6)8(11)12/h3-4H,2,10H2,1H3,(H,11,12). The summed E-state index contributed by atoms with van der Waals surface area (Å²) in [6.45, 7) is 2.25. The van der Waals surface area contributed by atoms with Gasteiger partial charge in [-0.3, -0.25) is 0 Å². The molecule has 0 saturated heterocycles. The topological polar surface area (TPSA) is 72.5 Å². The van der Waals surface area contributed by atoms with Gasteiger partial charge in [0.1, 0.15) is 11.3 Å². The van der Waals surface area contributed by atoms with Gasteiger partial charge in [0.15, 0.2) is 0 Å². The van der Waals surface area contributed by atoms with Crippen LogP contribution in [0.4, 0.5) is 0 Å². The van der Waals surface area contributed by atoms with Crippen molar-refractivity contribution in [3.63, 3.8) is 0 Å². The molecule has 0 fully saturated rings. The molecule has 0 amide bonds. The van der Waals surface area contributed by atoms with Crippen molar-refractivity contribution < 1.29 is 14.6 Å². The van der Waals surface area contributed by atoms with E-state index in [-0.39, 0.29) is 5.57 Å². The van der Waals surface area contributed by atoms with Crippen LogP contribution in [0.3, 0.4) is 0 Å². The van der Waals surface area contributed by atoms with Crippen LogP contribution in [-0.2, 0) is 9.53 Å². The van der Waals surface area contributed by atoms with Crippen LogP contribution in [0.2, 0.25) is 0 Å². The Morgan fingerprint density at radius 3 is 3.00 bits per heavy atom. The van der Waals surface area contributed by atoms with Gasteiger partial charge in [-0.15, -0.1) is 0 Å². The van der Waals surface area contributed by atoms with Crippen molar-refractivity contribution in [1.82, 2.24) is 0 Å². The van der Waals surface area contributed by atoms with Gasteiger partial charge in [0.2, 0.25) is 0 Å². The van der Waals surface area contributed by atoms with Crippen LogP contribution in [0.15, 0.2) is 21.1 Å². The summed E-state index contributed by atoms with van der Waals surface area (Å²) in [4.78, 5) is 10.7. The minimum Gasteiger partial charge on any atom is -0.493 e. The van der Waals surface area contributed by atoms with Crippen molar-refractivity contribution >= 4 is 30.7 Å². The molecule has 0 radical (unpaired) electrons. The van der Waals surface area contributed by atoms with E-state index in [9.17, 15) is 4.79 Å². The average molecular weight is 295 g/mol. The number of aliphatic carboxylic acids is 1. The van der Waals surface area contributed by atoms with Crippen molar-refractivity contribution in [1.29, 1.82) is 0 Å². The summed E-state index contributed by atoms with van der Waals surface area (Å²) in [7, 11) is 0. The predicted octanol–water partition coefficient (Wildman–Crippen LogP) is 0.948. The van der Waals surface area contributed by atoms with E-state index >= 15 is 0 Å². The molecule has 0 saturated carbocycles. The Morgan fingerprint density at radius 1 is 1.77 bits per heavy atom. The Balaban J connectivity index is 3.03. The van der Waals surface area contributed by atoms with Crippen LogP contribution < -0.4 is 5.73 Å². The smallest absolute Gasteiger partial charge is 0.339 e. The molecular formula is C8H10INO3. The highest BCUT2D eigenvalue weighted by molar-refractivity contribution is 14.2. The first-order valence-corrected chi connectivity index (χ1v) is 6.01. The highest BCUT2D eigenvalue weighted by Crippen LogP contribution is 2.21. The van der Waals surface area contributed by atoms with Gasteiger partial charge in [-0.25, -0.2) is 4.79 Å². The number of hydrogen-bond donors (Lipinski definition) is 2. The Kier molecular flexibility index (Phi) is 3.47. The Labute approximate surface area is 85.8 Å². The van der Waals surface area contributed by atoms with E-state index in [0.29, 0.717) is 12.4 Å². The predicted molar refractivity (Wildman–Crippen MR) is 58.6 cm³/mol. The van der Waals surface area contributed by atoms with Crippen molar-refractivity contribution in [3.05, 3.63) is 21.1 Å². The van der Waals surface area contributed by atoms with Crippen LogP contribution in [0, 0.1) is 0 Å². The maximum absolute atomic E-state index is 10.7. The summed E-state index contributed by atoms with van der Waals surface area (Å²) in [6, 6.07) is 0. The third-order valence-corrected chi connectivity index (χ3v) is 3.32. The first kappa shape index (κ1) is 10.2. The van der Waals surface area contributed by atoms with E-state index in [2.05, 4.69) is 0 Å². The molecule has 0 spiro atoms. The summed E-state index contributed by atoms with van der Waals surface area (Å²) in [5.41, 5.74) is 5.83. The van der Waals surface area contributed by atoms with Gasteiger partial charge in [0.05, 0.1) is 10.3 Å². The highest BCUT2D eigenvalue weighted by atomic mass is 127. The quantitative estimate of drug-likeness (QED) is 0.600. The van der Waals surface area contributed by atoms with E-state index in [4.69, 9.17) is 15.6 Å². The normalized spacial score (nSPS) is 16.2. The maximum atomic E-state index is 10.7. The van der Waals surface area contributed by atoms with E-state index in [1.165, 1.54) is 0 Å². The molecule has 0 bridgehead atoms. The number of ether oxygens (including phenoxy) is 1. The minimum atomic E-state index is -0.952. The van der Waals surface area contributed by atoms with E-state index in [1.54, 1.807) is 17.0 Å². The summed E-state index contributed by atoms with van der Waals surface area (Å²) in [6.07, 6.45) is 1.61. The molecule has 0 aromatic rings. The van der Waals surface area contributed by atoms with Crippen LogP contribution in [-0.4, -0.2) is 21.7 Å². The molecule has 72 valence electrons. The van der Waals surface area contributed by atoms with Crippen LogP contribution in [0.5, 0.6) is 0 Å². The Hall–Kier alpha value is -0.850. The number of carboxylic acid groups (broad SMARTS) is 1. The number of allylic oxidation sites excluding steroid dienone is 1. The molecule has 1 aliphatic heterocycles. The fourth-order valence-corrected chi connectivity index (χ4v) is 2.54. The van der Waals surface area contributed by atoms with Gasteiger partial charge in [0, 0.05) is 6.08 Å². The third kappa shape index (κ3) is 2.55. The molecule has 3 N–H and O–H groups in total. The minimum absolute atomic E-state index is 0.240. The number of carbonyl (C=O) groups is 1. The lowest BCUT2D eigenvalue weighted by atomic mass is 10.2. The zero-order valence-corrected chi connectivity index (χ0v) is 9.24. The molecule has 0 atom stereocenters. The Morgan fingerprint density at radius 2 is 2.46 bits per heavy atom. The van der Waals surface area contributed by atoms with Gasteiger partial charge in [-0.2, -0.15) is 0 Å². The number of carboxylic acids is 1. The number of hydrogen-bond acceptors (Lipinski definition) is 3. The van der Waals surface area contributed by atoms with Crippen LogP contribution in [0.1, 0.15) is 6.92 Å². The molecule has 1 heterocycles. The zero-order valence-electron chi connectivity index (χ0n) is 7.08. The van der Waals surface area contributed by atoms with Gasteiger partial charge in [-0.1, -0.05) is 20.7 Å². The third-order valence-electron chi connectivity index (χ3n) is 1.35. The summed E-state index contributed by atoms with van der Waals surface area (Å²) >= 11 is -0.465. The molecular weight excluding hydrogens is 285 g/mol. The zero-order chi connectivity index (χ0) is 9.84. The maximum Gasteiger partial charge on any atom is 0.339 e. The van der Waals surface area contributed by atoms with Gasteiger partial charge in [0.25, 0.3) is 0 Å². The first-order valence-electron chi connectivity index (χ1n) is 3.69.